The van der Waals surface area contributed by atoms with Gasteiger partial charge < -0.3 is 15.7 Å². The van der Waals surface area contributed by atoms with Crippen LogP contribution in [0.15, 0.2) is 0 Å². The highest BCUT2D eigenvalue weighted by molar-refractivity contribution is 5.83. The predicted octanol–water partition coefficient (Wildman–Crippen LogP) is 1.53. The van der Waals surface area contributed by atoms with Gasteiger partial charge in [0.25, 0.3) is 0 Å². The van der Waals surface area contributed by atoms with Crippen molar-refractivity contribution in [1.29, 1.82) is 0 Å². The summed E-state index contributed by atoms with van der Waals surface area (Å²) in [5.41, 5.74) is -0.348. The minimum atomic E-state index is -0.863. The number of carboxylic acid groups (broad SMARTS) is 1. The smallest absolute Gasteiger partial charge is 0.305 e. The van der Waals surface area contributed by atoms with E-state index in [2.05, 4.69) is 17.6 Å². The van der Waals surface area contributed by atoms with Gasteiger partial charge in [0.15, 0.2) is 0 Å². The maximum absolute atomic E-state index is 12.5. The molecule has 1 rings (SSSR count). The molecule has 5 heteroatoms. The van der Waals surface area contributed by atoms with Gasteiger partial charge in [0, 0.05) is 12.6 Å². The zero-order chi connectivity index (χ0) is 14.3. The van der Waals surface area contributed by atoms with Gasteiger partial charge in [-0.2, -0.15) is 0 Å². The molecule has 2 unspecified atom stereocenters. The van der Waals surface area contributed by atoms with Gasteiger partial charge in [0.2, 0.25) is 5.91 Å². The zero-order valence-electron chi connectivity index (χ0n) is 12.0. The van der Waals surface area contributed by atoms with Crippen molar-refractivity contribution in [2.45, 2.75) is 58.4 Å². The first-order chi connectivity index (χ1) is 9.04. The van der Waals surface area contributed by atoms with Crippen LogP contribution in [-0.4, -0.2) is 36.1 Å². The summed E-state index contributed by atoms with van der Waals surface area (Å²) in [5.74, 6) is -0.840. The van der Waals surface area contributed by atoms with Crippen LogP contribution in [0.4, 0.5) is 0 Å². The van der Waals surface area contributed by atoms with Crippen molar-refractivity contribution in [3.63, 3.8) is 0 Å². The molecule has 110 valence electrons. The summed E-state index contributed by atoms with van der Waals surface area (Å²) in [4.78, 5) is 23.3. The fourth-order valence-corrected chi connectivity index (χ4v) is 2.81. The van der Waals surface area contributed by atoms with E-state index in [1.54, 1.807) is 0 Å². The number of nitrogens with one attached hydrogen (secondary N) is 2. The number of carbonyl (C=O) groups excluding carboxylic acids is 1. The van der Waals surface area contributed by atoms with Gasteiger partial charge in [-0.3, -0.25) is 9.59 Å². The Morgan fingerprint density at radius 1 is 1.42 bits per heavy atom. The molecule has 0 aromatic rings. The van der Waals surface area contributed by atoms with Crippen LogP contribution in [0.5, 0.6) is 0 Å². The molecule has 1 fully saturated rings. The standard InChI is InChI=1S/C14H26N2O3/c1-3-6-14(7-5-8-15-10-14)13(19)16-11(4-2)9-12(17)18/h11,15H,3-10H2,1-2H3,(H,16,19)(H,17,18). The molecule has 0 saturated carbocycles. The van der Waals surface area contributed by atoms with Gasteiger partial charge >= 0.3 is 5.97 Å². The molecule has 19 heavy (non-hydrogen) atoms. The van der Waals surface area contributed by atoms with Crippen LogP contribution in [-0.2, 0) is 9.59 Å². The lowest BCUT2D eigenvalue weighted by molar-refractivity contribution is -0.138. The summed E-state index contributed by atoms with van der Waals surface area (Å²) in [5, 5.41) is 15.1. The van der Waals surface area contributed by atoms with Crippen LogP contribution in [0.1, 0.15) is 52.4 Å². The average Bonchev–Trinajstić information content (AvgIpc) is 2.38. The molecule has 0 spiro atoms. The van der Waals surface area contributed by atoms with Crippen LogP contribution in [0.3, 0.4) is 0 Å². The fraction of sp³-hybridized carbons (Fsp3) is 0.857. The molecular weight excluding hydrogens is 244 g/mol. The number of amides is 1. The molecule has 1 aliphatic heterocycles. The van der Waals surface area contributed by atoms with Gasteiger partial charge in [0.1, 0.15) is 0 Å². The minimum Gasteiger partial charge on any atom is -0.481 e. The lowest BCUT2D eigenvalue weighted by atomic mass is 9.76. The summed E-state index contributed by atoms with van der Waals surface area (Å²) in [6.07, 6.45) is 4.36. The molecule has 1 amide bonds. The summed E-state index contributed by atoms with van der Waals surface area (Å²) < 4.78 is 0. The first kappa shape index (κ1) is 16.0. The van der Waals surface area contributed by atoms with E-state index in [-0.39, 0.29) is 23.8 Å². The molecule has 0 aromatic carbocycles. The van der Waals surface area contributed by atoms with E-state index in [0.29, 0.717) is 13.0 Å². The topological polar surface area (TPSA) is 78.4 Å². The number of piperidine rings is 1. The zero-order valence-corrected chi connectivity index (χ0v) is 12.0. The number of hydrogen-bond donors (Lipinski definition) is 3. The van der Waals surface area contributed by atoms with E-state index in [0.717, 1.165) is 32.2 Å². The van der Waals surface area contributed by atoms with Crippen molar-refractivity contribution in [3.8, 4) is 0 Å². The Morgan fingerprint density at radius 3 is 2.63 bits per heavy atom. The monoisotopic (exact) mass is 270 g/mol. The van der Waals surface area contributed by atoms with Crippen molar-refractivity contribution in [1.82, 2.24) is 10.6 Å². The van der Waals surface area contributed by atoms with E-state index in [1.807, 2.05) is 6.92 Å². The number of hydrogen-bond acceptors (Lipinski definition) is 3. The number of carbonyl (C=O) groups is 2. The Balaban J connectivity index is 2.67. The highest BCUT2D eigenvalue weighted by Crippen LogP contribution is 2.32. The quantitative estimate of drug-likeness (QED) is 0.655. The molecular formula is C14H26N2O3. The minimum absolute atomic E-state index is 0.00211. The maximum atomic E-state index is 12.5. The molecule has 1 aliphatic rings. The Bertz CT molecular complexity index is 306. The highest BCUT2D eigenvalue weighted by Gasteiger charge is 2.39. The average molecular weight is 270 g/mol. The van der Waals surface area contributed by atoms with Crippen LogP contribution in [0.2, 0.25) is 0 Å². The van der Waals surface area contributed by atoms with E-state index in [1.165, 1.54) is 0 Å². The number of aliphatic carboxylic acids is 1. The molecule has 1 heterocycles. The third-order valence-corrected chi connectivity index (χ3v) is 3.93. The summed E-state index contributed by atoms with van der Waals surface area (Å²) in [7, 11) is 0. The Kier molecular flexibility index (Phi) is 6.28. The second-order valence-corrected chi connectivity index (χ2v) is 5.49. The van der Waals surface area contributed by atoms with Crippen LogP contribution in [0.25, 0.3) is 0 Å². The van der Waals surface area contributed by atoms with Crippen LogP contribution in [0, 0.1) is 5.41 Å². The van der Waals surface area contributed by atoms with Crippen LogP contribution < -0.4 is 10.6 Å². The second kappa shape index (κ2) is 7.48. The maximum Gasteiger partial charge on any atom is 0.305 e. The van der Waals surface area contributed by atoms with Crippen molar-refractivity contribution < 1.29 is 14.7 Å². The Labute approximate surface area is 115 Å². The summed E-state index contributed by atoms with van der Waals surface area (Å²) >= 11 is 0. The van der Waals surface area contributed by atoms with Gasteiger partial charge in [-0.15, -0.1) is 0 Å². The lowest BCUT2D eigenvalue weighted by Crippen LogP contribution is -2.52. The number of carboxylic acids is 1. The van der Waals surface area contributed by atoms with Gasteiger partial charge in [-0.25, -0.2) is 0 Å². The SMILES string of the molecule is CCCC1(C(=O)NC(CC)CC(=O)O)CCCNC1. The van der Waals surface area contributed by atoms with Crippen molar-refractivity contribution in [2.75, 3.05) is 13.1 Å². The first-order valence-electron chi connectivity index (χ1n) is 7.27. The molecule has 5 nitrogen and oxygen atoms in total. The van der Waals surface area contributed by atoms with Crippen molar-refractivity contribution in [3.05, 3.63) is 0 Å². The highest BCUT2D eigenvalue weighted by atomic mass is 16.4. The van der Waals surface area contributed by atoms with Crippen molar-refractivity contribution >= 4 is 11.9 Å². The van der Waals surface area contributed by atoms with Gasteiger partial charge in [0.05, 0.1) is 11.8 Å². The Hall–Kier alpha value is -1.10. The first-order valence-corrected chi connectivity index (χ1v) is 7.27. The molecule has 1 saturated heterocycles. The normalized spacial score (nSPS) is 24.7. The summed E-state index contributed by atoms with van der Waals surface area (Å²) in [6.45, 7) is 5.65. The van der Waals surface area contributed by atoms with Crippen molar-refractivity contribution in [2.24, 2.45) is 5.41 Å². The molecule has 0 bridgehead atoms. The summed E-state index contributed by atoms with van der Waals surface area (Å²) in [6, 6.07) is -0.263. The fourth-order valence-electron chi connectivity index (χ4n) is 2.81. The van der Waals surface area contributed by atoms with E-state index >= 15 is 0 Å². The Morgan fingerprint density at radius 2 is 2.16 bits per heavy atom. The molecule has 0 aliphatic carbocycles. The molecule has 0 radical (unpaired) electrons. The largest absolute Gasteiger partial charge is 0.481 e. The predicted molar refractivity (Wildman–Crippen MR) is 73.9 cm³/mol. The molecule has 0 aromatic heterocycles. The second-order valence-electron chi connectivity index (χ2n) is 5.49. The van der Waals surface area contributed by atoms with E-state index in [9.17, 15) is 9.59 Å². The van der Waals surface area contributed by atoms with Gasteiger partial charge in [-0.1, -0.05) is 20.3 Å². The third-order valence-electron chi connectivity index (χ3n) is 3.93. The third kappa shape index (κ3) is 4.49. The number of rotatable bonds is 7. The van der Waals surface area contributed by atoms with E-state index < -0.39 is 5.97 Å². The lowest BCUT2D eigenvalue weighted by Gasteiger charge is -2.37. The van der Waals surface area contributed by atoms with Gasteiger partial charge in [-0.05, 0) is 32.2 Å². The molecule has 3 N–H and O–H groups in total. The molecule has 2 atom stereocenters. The van der Waals surface area contributed by atoms with Crippen LogP contribution >= 0.6 is 0 Å². The van der Waals surface area contributed by atoms with E-state index in [4.69, 9.17) is 5.11 Å².